The molecule has 0 aromatic heterocycles. The number of rotatable bonds is 1. The van der Waals surface area contributed by atoms with Gasteiger partial charge in [-0.15, -0.1) is 0 Å². The molecule has 0 amide bonds. The molecule has 0 radical (unpaired) electrons. The second-order valence-electron chi connectivity index (χ2n) is 5.60. The summed E-state index contributed by atoms with van der Waals surface area (Å²) in [6.45, 7) is 2.02. The summed E-state index contributed by atoms with van der Waals surface area (Å²) in [6.07, 6.45) is 2.21. The molecule has 0 unspecified atom stereocenters. The highest BCUT2D eigenvalue weighted by Gasteiger charge is 2.65. The van der Waals surface area contributed by atoms with E-state index in [-0.39, 0.29) is 5.78 Å². The molecule has 0 bridgehead atoms. The summed E-state index contributed by atoms with van der Waals surface area (Å²) >= 11 is 0. The van der Waals surface area contributed by atoms with E-state index in [1.54, 1.807) is 31.2 Å². The minimum Gasteiger partial charge on any atom is -0.468 e. The zero-order chi connectivity index (χ0) is 15.1. The van der Waals surface area contributed by atoms with E-state index in [9.17, 15) is 9.59 Å². The largest absolute Gasteiger partial charge is 0.468 e. The second kappa shape index (κ2) is 4.84. The van der Waals surface area contributed by atoms with Gasteiger partial charge in [0.1, 0.15) is 5.75 Å². The van der Waals surface area contributed by atoms with Crippen LogP contribution in [-0.4, -0.2) is 31.3 Å². The second-order valence-corrected chi connectivity index (χ2v) is 5.60. The first-order chi connectivity index (χ1) is 10.0. The lowest BCUT2D eigenvalue weighted by molar-refractivity contribution is -0.260. The molecule has 5 nitrogen and oxygen atoms in total. The third kappa shape index (κ3) is 1.80. The zero-order valence-electron chi connectivity index (χ0n) is 12.2. The number of ketones is 1. The number of benzene rings is 1. The van der Waals surface area contributed by atoms with Crippen molar-refractivity contribution in [2.45, 2.75) is 32.0 Å². The van der Waals surface area contributed by atoms with Crippen molar-refractivity contribution < 1.29 is 23.8 Å². The Bertz CT molecular complexity index is 588. The van der Waals surface area contributed by atoms with Crippen molar-refractivity contribution in [3.8, 4) is 5.75 Å². The summed E-state index contributed by atoms with van der Waals surface area (Å²) in [5.74, 6) is -1.74. The molecule has 1 saturated heterocycles. The smallest absolute Gasteiger partial charge is 0.326 e. The van der Waals surface area contributed by atoms with E-state index in [0.717, 1.165) is 12.8 Å². The number of carbonyl (C=O) groups excluding carboxylic acids is 2. The molecule has 5 heteroatoms. The maximum atomic E-state index is 13.0. The van der Waals surface area contributed by atoms with Crippen LogP contribution in [0, 0.1) is 5.41 Å². The third-order valence-electron chi connectivity index (χ3n) is 4.45. The Morgan fingerprint density at radius 2 is 2.05 bits per heavy atom. The number of ether oxygens (including phenoxy) is 3. The topological polar surface area (TPSA) is 61.8 Å². The summed E-state index contributed by atoms with van der Waals surface area (Å²) in [5.41, 5.74) is -1.10. The minimum absolute atomic E-state index is 0.307. The van der Waals surface area contributed by atoms with E-state index < -0.39 is 17.2 Å². The van der Waals surface area contributed by atoms with Crippen molar-refractivity contribution in [1.29, 1.82) is 0 Å². The highest BCUT2D eigenvalue weighted by molar-refractivity contribution is 6.15. The number of hydrogen-bond donors (Lipinski definition) is 0. The summed E-state index contributed by atoms with van der Waals surface area (Å²) in [7, 11) is 1.28. The summed E-state index contributed by atoms with van der Waals surface area (Å²) in [6, 6.07) is 6.93. The Balaban J connectivity index is 2.18. The molecule has 0 N–H and O–H groups in total. The molecule has 2 aliphatic heterocycles. The first-order valence-corrected chi connectivity index (χ1v) is 7.10. The molecule has 1 aromatic carbocycles. The van der Waals surface area contributed by atoms with Crippen LogP contribution in [0.2, 0.25) is 0 Å². The zero-order valence-corrected chi connectivity index (χ0v) is 12.2. The SMILES string of the molecule is COC(=O)[C@@]1(C)C(=O)c2ccccc2O[C@@]12CCCCO2. The fourth-order valence-electron chi connectivity index (χ4n) is 3.16. The van der Waals surface area contributed by atoms with E-state index >= 15 is 0 Å². The highest BCUT2D eigenvalue weighted by atomic mass is 16.7. The standard InChI is InChI=1S/C16H18O5/c1-15(14(18)19-2)13(17)11-7-3-4-8-12(11)21-16(15)9-5-6-10-20-16/h3-4,7-8H,5-6,9-10H2,1-2H3/t15-,16+/m1/s1. The van der Waals surface area contributed by atoms with Crippen LogP contribution in [0.3, 0.4) is 0 Å². The van der Waals surface area contributed by atoms with Gasteiger partial charge >= 0.3 is 5.97 Å². The van der Waals surface area contributed by atoms with Gasteiger partial charge in [0.2, 0.25) is 5.79 Å². The lowest BCUT2D eigenvalue weighted by Crippen LogP contribution is -2.64. The molecule has 21 heavy (non-hydrogen) atoms. The third-order valence-corrected chi connectivity index (χ3v) is 4.45. The lowest BCUT2D eigenvalue weighted by Gasteiger charge is -2.49. The molecule has 112 valence electrons. The van der Waals surface area contributed by atoms with Crippen LogP contribution in [-0.2, 0) is 14.3 Å². The van der Waals surface area contributed by atoms with Gasteiger partial charge in [0.05, 0.1) is 19.3 Å². The number of methoxy groups -OCH3 is 1. The predicted octanol–water partition coefficient (Wildman–Crippen LogP) is 2.34. The number of carbonyl (C=O) groups is 2. The number of esters is 1. The van der Waals surface area contributed by atoms with E-state index in [0.29, 0.717) is 24.3 Å². The van der Waals surface area contributed by atoms with Gasteiger partial charge in [-0.1, -0.05) is 12.1 Å². The predicted molar refractivity (Wildman–Crippen MR) is 74.1 cm³/mol. The normalized spacial score (nSPS) is 31.4. The molecule has 2 aliphatic rings. The summed E-state index contributed by atoms with van der Waals surface area (Å²) < 4.78 is 16.7. The Hall–Kier alpha value is -1.88. The molecule has 1 fully saturated rings. The van der Waals surface area contributed by atoms with Crippen molar-refractivity contribution in [2.24, 2.45) is 5.41 Å². The molecule has 1 aromatic rings. The number of Topliss-reactive ketones (excluding diaryl/α,β-unsaturated/α-hetero) is 1. The molecular weight excluding hydrogens is 272 g/mol. The van der Waals surface area contributed by atoms with Gasteiger partial charge in [-0.3, -0.25) is 9.59 Å². The lowest BCUT2D eigenvalue weighted by atomic mass is 9.70. The molecule has 3 rings (SSSR count). The van der Waals surface area contributed by atoms with E-state index in [2.05, 4.69) is 0 Å². The number of para-hydroxylation sites is 1. The number of fused-ring (bicyclic) bond motifs is 1. The van der Waals surface area contributed by atoms with Crippen LogP contribution in [0.25, 0.3) is 0 Å². The minimum atomic E-state index is -1.49. The summed E-state index contributed by atoms with van der Waals surface area (Å²) in [4.78, 5) is 25.3. The molecule has 0 aliphatic carbocycles. The van der Waals surface area contributed by atoms with Crippen LogP contribution in [0.15, 0.2) is 24.3 Å². The van der Waals surface area contributed by atoms with E-state index in [4.69, 9.17) is 14.2 Å². The van der Waals surface area contributed by atoms with Gasteiger partial charge in [-0.25, -0.2) is 0 Å². The Morgan fingerprint density at radius 3 is 2.71 bits per heavy atom. The molecule has 2 heterocycles. The quantitative estimate of drug-likeness (QED) is 0.587. The van der Waals surface area contributed by atoms with Gasteiger partial charge in [0.25, 0.3) is 0 Å². The Kier molecular flexibility index (Phi) is 3.24. The Labute approximate surface area is 123 Å². The Morgan fingerprint density at radius 1 is 1.29 bits per heavy atom. The highest BCUT2D eigenvalue weighted by Crippen LogP contribution is 2.50. The van der Waals surface area contributed by atoms with Gasteiger partial charge in [0.15, 0.2) is 11.2 Å². The van der Waals surface area contributed by atoms with Crippen molar-refractivity contribution >= 4 is 11.8 Å². The first kappa shape index (κ1) is 14.1. The van der Waals surface area contributed by atoms with Crippen molar-refractivity contribution in [3.05, 3.63) is 29.8 Å². The fourth-order valence-corrected chi connectivity index (χ4v) is 3.16. The average molecular weight is 290 g/mol. The van der Waals surface area contributed by atoms with Gasteiger partial charge in [-0.2, -0.15) is 0 Å². The molecular formula is C16H18O5. The van der Waals surface area contributed by atoms with Crippen LogP contribution in [0.4, 0.5) is 0 Å². The van der Waals surface area contributed by atoms with Crippen molar-refractivity contribution in [2.75, 3.05) is 13.7 Å². The molecule has 0 saturated carbocycles. The van der Waals surface area contributed by atoms with E-state index in [1.165, 1.54) is 7.11 Å². The maximum Gasteiger partial charge on any atom is 0.326 e. The molecule has 1 spiro atoms. The van der Waals surface area contributed by atoms with Crippen molar-refractivity contribution in [3.63, 3.8) is 0 Å². The maximum absolute atomic E-state index is 13.0. The average Bonchev–Trinajstić information content (AvgIpc) is 2.53. The van der Waals surface area contributed by atoms with Crippen LogP contribution >= 0.6 is 0 Å². The van der Waals surface area contributed by atoms with E-state index in [1.807, 2.05) is 0 Å². The van der Waals surface area contributed by atoms with Gasteiger partial charge in [0, 0.05) is 6.42 Å². The molecule has 2 atom stereocenters. The van der Waals surface area contributed by atoms with Crippen LogP contribution < -0.4 is 4.74 Å². The van der Waals surface area contributed by atoms with Gasteiger partial charge in [-0.05, 0) is 31.9 Å². The van der Waals surface area contributed by atoms with Crippen LogP contribution in [0.5, 0.6) is 5.75 Å². The van der Waals surface area contributed by atoms with Gasteiger partial charge < -0.3 is 14.2 Å². The van der Waals surface area contributed by atoms with Crippen LogP contribution in [0.1, 0.15) is 36.5 Å². The number of hydrogen-bond acceptors (Lipinski definition) is 5. The fraction of sp³-hybridized carbons (Fsp3) is 0.500. The first-order valence-electron chi connectivity index (χ1n) is 7.10. The van der Waals surface area contributed by atoms with Crippen molar-refractivity contribution in [1.82, 2.24) is 0 Å². The monoisotopic (exact) mass is 290 g/mol. The summed E-state index contributed by atoms with van der Waals surface area (Å²) in [5, 5.41) is 0.